The predicted octanol–water partition coefficient (Wildman–Crippen LogP) is 5.07. The summed E-state index contributed by atoms with van der Waals surface area (Å²) in [7, 11) is 1.69. The summed E-state index contributed by atoms with van der Waals surface area (Å²) in [4.78, 5) is 0. The van der Waals surface area contributed by atoms with E-state index in [2.05, 4.69) is 34.2 Å². The van der Waals surface area contributed by atoms with Gasteiger partial charge in [0.2, 0.25) is 0 Å². The van der Waals surface area contributed by atoms with Gasteiger partial charge in [-0.05, 0) is 42.5 Å². The molecule has 0 saturated heterocycles. The first-order valence-electron chi connectivity index (χ1n) is 7.15. The van der Waals surface area contributed by atoms with Gasteiger partial charge in [0, 0.05) is 28.7 Å². The number of ether oxygens (including phenoxy) is 1. The lowest BCUT2D eigenvalue weighted by Crippen LogP contribution is -1.94. The van der Waals surface area contributed by atoms with Crippen LogP contribution in [0.15, 0.2) is 48.5 Å². The molecule has 110 valence electrons. The van der Waals surface area contributed by atoms with Gasteiger partial charge in [-0.3, -0.25) is 0 Å². The van der Waals surface area contributed by atoms with Crippen LogP contribution in [0.3, 0.4) is 0 Å². The normalized spacial score (nSPS) is 12.6. The van der Waals surface area contributed by atoms with Crippen LogP contribution in [-0.2, 0) is 6.54 Å². The summed E-state index contributed by atoms with van der Waals surface area (Å²) in [6.07, 6.45) is 4.33. The highest BCUT2D eigenvalue weighted by molar-refractivity contribution is 6.30. The quantitative estimate of drug-likeness (QED) is 0.730. The van der Waals surface area contributed by atoms with E-state index in [4.69, 9.17) is 16.3 Å². The number of benzene rings is 2. The number of anilines is 2. The van der Waals surface area contributed by atoms with E-state index >= 15 is 0 Å². The maximum Gasteiger partial charge on any atom is 0.120 e. The molecule has 2 heterocycles. The maximum absolute atomic E-state index is 5.96. The SMILES string of the molecule is COc1ccc2c(Nc3ccc(Cl)cc3)c3n(c2c1)CC=C3. The lowest BCUT2D eigenvalue weighted by molar-refractivity contribution is 0.415. The first kappa shape index (κ1) is 13.3. The number of nitrogens with zero attached hydrogens (tertiary/aromatic N) is 1. The maximum atomic E-state index is 5.96. The molecule has 22 heavy (non-hydrogen) atoms. The molecule has 1 N–H and O–H groups in total. The third-order valence-corrected chi connectivity index (χ3v) is 4.24. The van der Waals surface area contributed by atoms with E-state index in [0.717, 1.165) is 28.7 Å². The molecule has 3 nitrogen and oxygen atoms in total. The van der Waals surface area contributed by atoms with E-state index in [1.807, 2.05) is 30.3 Å². The minimum atomic E-state index is 0.738. The smallest absolute Gasteiger partial charge is 0.120 e. The first-order chi connectivity index (χ1) is 10.8. The highest BCUT2D eigenvalue weighted by atomic mass is 35.5. The standard InChI is InChI=1S/C18H15ClN2O/c1-22-14-8-9-15-17(11-14)21-10-2-3-16(21)18(15)20-13-6-4-12(19)5-7-13/h2-9,11,20H,10H2,1H3. The number of methoxy groups -OCH3 is 1. The zero-order valence-corrected chi connectivity index (χ0v) is 12.9. The fourth-order valence-corrected chi connectivity index (χ4v) is 3.05. The van der Waals surface area contributed by atoms with Crippen LogP contribution in [0.2, 0.25) is 5.02 Å². The Labute approximate surface area is 133 Å². The molecule has 1 aliphatic heterocycles. The Kier molecular flexibility index (Phi) is 3.09. The van der Waals surface area contributed by atoms with Gasteiger partial charge in [0.1, 0.15) is 5.75 Å². The van der Waals surface area contributed by atoms with Crippen LogP contribution in [-0.4, -0.2) is 11.7 Å². The van der Waals surface area contributed by atoms with Gasteiger partial charge in [0.25, 0.3) is 0 Å². The fraction of sp³-hybridized carbons (Fsp3) is 0.111. The Morgan fingerprint density at radius 3 is 2.73 bits per heavy atom. The molecule has 1 aliphatic rings. The van der Waals surface area contributed by atoms with Gasteiger partial charge >= 0.3 is 0 Å². The summed E-state index contributed by atoms with van der Waals surface area (Å²) in [6.45, 7) is 0.890. The molecule has 0 amide bonds. The molecule has 4 rings (SSSR count). The van der Waals surface area contributed by atoms with Crippen LogP contribution >= 0.6 is 11.6 Å². The lowest BCUT2D eigenvalue weighted by Gasteiger charge is -2.07. The van der Waals surface area contributed by atoms with Crippen LogP contribution in [0.1, 0.15) is 5.69 Å². The lowest BCUT2D eigenvalue weighted by atomic mass is 10.2. The Bertz CT molecular complexity index is 878. The molecule has 0 aliphatic carbocycles. The highest BCUT2D eigenvalue weighted by Gasteiger charge is 2.18. The number of aromatic nitrogens is 1. The van der Waals surface area contributed by atoms with Crippen molar-refractivity contribution in [2.75, 3.05) is 12.4 Å². The van der Waals surface area contributed by atoms with Gasteiger partial charge in [0.15, 0.2) is 0 Å². The second-order valence-electron chi connectivity index (χ2n) is 5.29. The summed E-state index contributed by atoms with van der Waals surface area (Å²) in [5.41, 5.74) is 4.51. The second-order valence-corrected chi connectivity index (χ2v) is 5.72. The molecule has 0 radical (unpaired) electrons. The summed E-state index contributed by atoms with van der Waals surface area (Å²) < 4.78 is 7.64. The van der Waals surface area contributed by atoms with Gasteiger partial charge in [-0.15, -0.1) is 0 Å². The Hall–Kier alpha value is -2.39. The average Bonchev–Trinajstić information content (AvgIpc) is 3.12. The number of rotatable bonds is 3. The van der Waals surface area contributed by atoms with Crippen LogP contribution in [0.5, 0.6) is 5.75 Å². The molecule has 1 aromatic heterocycles. The number of fused-ring (bicyclic) bond motifs is 3. The van der Waals surface area contributed by atoms with Crippen molar-refractivity contribution in [2.24, 2.45) is 0 Å². The zero-order chi connectivity index (χ0) is 15.1. The van der Waals surface area contributed by atoms with Gasteiger partial charge < -0.3 is 14.6 Å². The molecule has 3 aromatic rings. The largest absolute Gasteiger partial charge is 0.497 e. The molecule has 0 spiro atoms. The van der Waals surface area contributed by atoms with Crippen molar-refractivity contribution in [3.8, 4) is 5.75 Å². The molecular formula is C18H15ClN2O. The molecule has 4 heteroatoms. The van der Waals surface area contributed by atoms with Crippen molar-refractivity contribution >= 4 is 40.0 Å². The molecule has 0 atom stereocenters. The molecule has 0 bridgehead atoms. The van der Waals surface area contributed by atoms with E-state index in [0.29, 0.717) is 0 Å². The summed E-state index contributed by atoms with van der Waals surface area (Å²) in [5, 5.41) is 5.45. The molecule has 2 aromatic carbocycles. The average molecular weight is 311 g/mol. The van der Waals surface area contributed by atoms with Crippen molar-refractivity contribution < 1.29 is 4.74 Å². The Balaban J connectivity index is 1.86. The summed E-state index contributed by atoms with van der Waals surface area (Å²) >= 11 is 5.96. The number of allylic oxidation sites excluding steroid dienone is 1. The highest BCUT2D eigenvalue weighted by Crippen LogP contribution is 2.38. The van der Waals surface area contributed by atoms with Crippen LogP contribution in [0.25, 0.3) is 17.0 Å². The topological polar surface area (TPSA) is 26.2 Å². The van der Waals surface area contributed by atoms with E-state index in [1.165, 1.54) is 16.6 Å². The fourth-order valence-electron chi connectivity index (χ4n) is 2.92. The molecule has 0 fully saturated rings. The number of hydrogen-bond acceptors (Lipinski definition) is 2. The van der Waals surface area contributed by atoms with E-state index in [-0.39, 0.29) is 0 Å². The Morgan fingerprint density at radius 1 is 1.14 bits per heavy atom. The van der Waals surface area contributed by atoms with Crippen molar-refractivity contribution in [1.82, 2.24) is 4.57 Å². The Morgan fingerprint density at radius 2 is 1.95 bits per heavy atom. The monoisotopic (exact) mass is 310 g/mol. The van der Waals surface area contributed by atoms with Gasteiger partial charge in [-0.2, -0.15) is 0 Å². The molecular weight excluding hydrogens is 296 g/mol. The van der Waals surface area contributed by atoms with Crippen LogP contribution in [0, 0.1) is 0 Å². The number of hydrogen-bond donors (Lipinski definition) is 1. The first-order valence-corrected chi connectivity index (χ1v) is 7.53. The van der Waals surface area contributed by atoms with E-state index < -0.39 is 0 Å². The van der Waals surface area contributed by atoms with Crippen molar-refractivity contribution in [3.63, 3.8) is 0 Å². The number of nitrogens with one attached hydrogen (secondary N) is 1. The van der Waals surface area contributed by atoms with Crippen LogP contribution < -0.4 is 10.1 Å². The predicted molar refractivity (Wildman–Crippen MR) is 92.3 cm³/mol. The zero-order valence-electron chi connectivity index (χ0n) is 12.1. The second kappa shape index (κ2) is 5.11. The minimum absolute atomic E-state index is 0.738. The van der Waals surface area contributed by atoms with Gasteiger partial charge in [-0.25, -0.2) is 0 Å². The number of halogens is 1. The van der Waals surface area contributed by atoms with Crippen molar-refractivity contribution in [3.05, 3.63) is 59.3 Å². The van der Waals surface area contributed by atoms with Gasteiger partial charge in [-0.1, -0.05) is 17.7 Å². The minimum Gasteiger partial charge on any atom is -0.497 e. The van der Waals surface area contributed by atoms with Crippen molar-refractivity contribution in [1.29, 1.82) is 0 Å². The van der Waals surface area contributed by atoms with E-state index in [1.54, 1.807) is 7.11 Å². The summed E-state index contributed by atoms with van der Waals surface area (Å²) in [6, 6.07) is 13.9. The van der Waals surface area contributed by atoms with Crippen LogP contribution in [0.4, 0.5) is 11.4 Å². The van der Waals surface area contributed by atoms with Crippen molar-refractivity contribution in [2.45, 2.75) is 6.54 Å². The third kappa shape index (κ3) is 2.06. The van der Waals surface area contributed by atoms with Gasteiger partial charge in [0.05, 0.1) is 24.0 Å². The summed E-state index contributed by atoms with van der Waals surface area (Å²) in [5.74, 6) is 0.873. The molecule has 0 saturated carbocycles. The third-order valence-electron chi connectivity index (χ3n) is 3.99. The molecule has 0 unspecified atom stereocenters. The van der Waals surface area contributed by atoms with E-state index in [9.17, 15) is 0 Å².